The van der Waals surface area contributed by atoms with E-state index in [0.717, 1.165) is 38.3 Å². The van der Waals surface area contributed by atoms with Gasteiger partial charge in [0.25, 0.3) is 0 Å². The second kappa shape index (κ2) is 16.0. The van der Waals surface area contributed by atoms with Gasteiger partial charge in [-0.2, -0.15) is 0 Å². The van der Waals surface area contributed by atoms with E-state index in [4.69, 9.17) is 50.1 Å². The van der Waals surface area contributed by atoms with Gasteiger partial charge in [-0.05, 0) is 51.2 Å². The monoisotopic (exact) mass is 402 g/mol. The molecule has 1 rings (SSSR count). The predicted molar refractivity (Wildman–Crippen MR) is 98.2 cm³/mol. The molecule has 0 saturated carbocycles. The van der Waals surface area contributed by atoms with Crippen LogP contribution in [0.15, 0.2) is 24.3 Å². The maximum atomic E-state index is 9.10. The summed E-state index contributed by atoms with van der Waals surface area (Å²) in [4.78, 5) is 38.5. The molecule has 11 heteroatoms. The number of rotatable bonds is 7. The Morgan fingerprint density at radius 2 is 1.29 bits per heavy atom. The number of nitrogens with two attached hydrogens (primary N) is 1. The molecule has 0 aromatic heterocycles. The summed E-state index contributed by atoms with van der Waals surface area (Å²) >= 11 is 0. The molecule has 0 fully saturated rings. The summed E-state index contributed by atoms with van der Waals surface area (Å²) in [6.45, 7) is 2.46. The molecule has 0 radical (unpaired) electrons. The van der Waals surface area contributed by atoms with Gasteiger partial charge in [-0.1, -0.05) is 12.1 Å². The Labute approximate surface area is 161 Å². The van der Waals surface area contributed by atoms with Crippen molar-refractivity contribution in [3.63, 3.8) is 0 Å². The Bertz CT molecular complexity index is 568. The van der Waals surface area contributed by atoms with Crippen LogP contribution in [-0.2, 0) is 25.7 Å². The molecule has 1 aromatic rings. The van der Waals surface area contributed by atoms with Crippen molar-refractivity contribution in [2.45, 2.75) is 19.4 Å². The molecule has 1 aromatic carbocycles. The van der Waals surface area contributed by atoms with E-state index < -0.39 is 23.9 Å². The van der Waals surface area contributed by atoms with Crippen LogP contribution in [0, 0.1) is 0 Å². The van der Waals surface area contributed by atoms with Gasteiger partial charge in [0.15, 0.2) is 0 Å². The van der Waals surface area contributed by atoms with Crippen LogP contribution in [0.4, 0.5) is 0 Å². The van der Waals surface area contributed by atoms with Gasteiger partial charge in [0.1, 0.15) is 5.75 Å². The SMILES string of the molecule is CN(C)Cc1ccc(OCCCCN)cc1.O=C(O)C(=O)O.O=C(O)C(=O)O. The van der Waals surface area contributed by atoms with Crippen LogP contribution < -0.4 is 10.5 Å². The molecule has 0 spiro atoms. The van der Waals surface area contributed by atoms with Gasteiger partial charge < -0.3 is 35.8 Å². The van der Waals surface area contributed by atoms with Crippen molar-refractivity contribution < 1.29 is 44.3 Å². The number of unbranched alkanes of at least 4 members (excludes halogenated alkanes) is 1. The summed E-state index contributed by atoms with van der Waals surface area (Å²) in [5, 5.41) is 29.6. The van der Waals surface area contributed by atoms with Gasteiger partial charge in [-0.15, -0.1) is 0 Å². The van der Waals surface area contributed by atoms with Gasteiger partial charge in [0.2, 0.25) is 0 Å². The Morgan fingerprint density at radius 3 is 1.61 bits per heavy atom. The van der Waals surface area contributed by atoms with Crippen LogP contribution in [0.3, 0.4) is 0 Å². The second-order valence-electron chi connectivity index (χ2n) is 5.45. The largest absolute Gasteiger partial charge is 0.494 e. The zero-order chi connectivity index (χ0) is 22.1. The Kier molecular flexibility index (Phi) is 15.5. The van der Waals surface area contributed by atoms with E-state index in [1.165, 1.54) is 5.56 Å². The molecule has 0 atom stereocenters. The van der Waals surface area contributed by atoms with Crippen LogP contribution in [-0.4, -0.2) is 76.5 Å². The average Bonchev–Trinajstić information content (AvgIpc) is 2.60. The average molecular weight is 402 g/mol. The summed E-state index contributed by atoms with van der Waals surface area (Å²) < 4.78 is 5.60. The summed E-state index contributed by atoms with van der Waals surface area (Å²) in [6.07, 6.45) is 2.05. The highest BCUT2D eigenvalue weighted by Crippen LogP contribution is 2.13. The van der Waals surface area contributed by atoms with Crippen molar-refractivity contribution in [2.24, 2.45) is 5.73 Å². The van der Waals surface area contributed by atoms with E-state index in [1.807, 2.05) is 12.1 Å². The minimum Gasteiger partial charge on any atom is -0.494 e. The van der Waals surface area contributed by atoms with Crippen LogP contribution in [0.1, 0.15) is 18.4 Å². The molecular weight excluding hydrogens is 376 g/mol. The van der Waals surface area contributed by atoms with Crippen molar-refractivity contribution in [1.82, 2.24) is 4.90 Å². The standard InChI is InChI=1S/C13H22N2O.2C2H2O4/c1-15(2)11-12-5-7-13(8-6-12)16-10-4-3-9-14;2*3-1(4)2(5)6/h5-8H,3-4,9-11,14H2,1-2H3;2*(H,3,4)(H,5,6). The van der Waals surface area contributed by atoms with Crippen molar-refractivity contribution in [2.75, 3.05) is 27.2 Å². The highest BCUT2D eigenvalue weighted by atomic mass is 16.5. The fourth-order valence-electron chi connectivity index (χ4n) is 1.49. The Morgan fingerprint density at radius 1 is 0.857 bits per heavy atom. The van der Waals surface area contributed by atoms with Crippen LogP contribution >= 0.6 is 0 Å². The first-order chi connectivity index (χ1) is 13.0. The lowest BCUT2D eigenvalue weighted by Gasteiger charge is -2.10. The molecule has 0 aliphatic rings. The minimum absolute atomic E-state index is 0.741. The molecule has 0 aliphatic carbocycles. The number of hydrogen-bond acceptors (Lipinski definition) is 7. The molecule has 11 nitrogen and oxygen atoms in total. The number of hydrogen-bond donors (Lipinski definition) is 5. The topological polar surface area (TPSA) is 188 Å². The maximum absolute atomic E-state index is 9.10. The first-order valence-corrected chi connectivity index (χ1v) is 8.00. The third kappa shape index (κ3) is 17.6. The first-order valence-electron chi connectivity index (χ1n) is 8.00. The van der Waals surface area contributed by atoms with E-state index >= 15 is 0 Å². The quantitative estimate of drug-likeness (QED) is 0.309. The molecule has 0 heterocycles. The van der Waals surface area contributed by atoms with Crippen molar-refractivity contribution in [3.8, 4) is 5.75 Å². The van der Waals surface area contributed by atoms with Gasteiger partial charge >= 0.3 is 23.9 Å². The van der Waals surface area contributed by atoms with Gasteiger partial charge in [0.05, 0.1) is 6.61 Å². The number of carboxylic acids is 4. The maximum Gasteiger partial charge on any atom is 0.414 e. The van der Waals surface area contributed by atoms with Gasteiger partial charge in [0, 0.05) is 6.54 Å². The summed E-state index contributed by atoms with van der Waals surface area (Å²) in [6, 6.07) is 8.28. The van der Waals surface area contributed by atoms with Crippen molar-refractivity contribution >= 4 is 23.9 Å². The van der Waals surface area contributed by atoms with Gasteiger partial charge in [-0.25, -0.2) is 19.2 Å². The Balaban J connectivity index is 0. The summed E-state index contributed by atoms with van der Waals surface area (Å²) in [5.74, 6) is -6.35. The molecule has 0 aliphatic heterocycles. The molecule has 0 unspecified atom stereocenters. The third-order valence-electron chi connectivity index (χ3n) is 2.66. The lowest BCUT2D eigenvalue weighted by atomic mass is 10.2. The lowest BCUT2D eigenvalue weighted by Crippen LogP contribution is -2.10. The minimum atomic E-state index is -1.82. The highest BCUT2D eigenvalue weighted by Gasteiger charge is 2.04. The number of benzene rings is 1. The zero-order valence-corrected chi connectivity index (χ0v) is 15.7. The molecule has 28 heavy (non-hydrogen) atoms. The van der Waals surface area contributed by atoms with E-state index in [-0.39, 0.29) is 0 Å². The van der Waals surface area contributed by atoms with Crippen LogP contribution in [0.25, 0.3) is 0 Å². The summed E-state index contributed by atoms with van der Waals surface area (Å²) in [7, 11) is 4.13. The summed E-state index contributed by atoms with van der Waals surface area (Å²) in [5.41, 5.74) is 6.72. The van der Waals surface area contributed by atoms with E-state index in [9.17, 15) is 0 Å². The van der Waals surface area contributed by atoms with Crippen molar-refractivity contribution in [1.29, 1.82) is 0 Å². The number of ether oxygens (including phenoxy) is 1. The van der Waals surface area contributed by atoms with E-state index in [1.54, 1.807) is 0 Å². The normalized spacial score (nSPS) is 9.29. The van der Waals surface area contributed by atoms with E-state index in [0.29, 0.717) is 0 Å². The zero-order valence-electron chi connectivity index (χ0n) is 15.7. The fourth-order valence-corrected chi connectivity index (χ4v) is 1.49. The smallest absolute Gasteiger partial charge is 0.414 e. The van der Waals surface area contributed by atoms with Crippen molar-refractivity contribution in [3.05, 3.63) is 29.8 Å². The molecule has 6 N–H and O–H groups in total. The van der Waals surface area contributed by atoms with Crippen LogP contribution in [0.2, 0.25) is 0 Å². The molecular formula is C17H26N2O9. The number of nitrogens with zero attached hydrogens (tertiary/aromatic N) is 1. The highest BCUT2D eigenvalue weighted by molar-refractivity contribution is 6.27. The first kappa shape index (κ1) is 27.0. The predicted octanol–water partition coefficient (Wildman–Crippen LogP) is 0.177. The van der Waals surface area contributed by atoms with Gasteiger partial charge in [-0.3, -0.25) is 0 Å². The number of carbonyl (C=O) groups is 4. The fraction of sp³-hybridized carbons (Fsp3) is 0.412. The molecule has 0 saturated heterocycles. The molecule has 158 valence electrons. The number of aliphatic carboxylic acids is 4. The number of carboxylic acid groups (broad SMARTS) is 4. The Hall–Kier alpha value is -3.18. The third-order valence-corrected chi connectivity index (χ3v) is 2.66. The molecule has 0 bridgehead atoms. The lowest BCUT2D eigenvalue weighted by molar-refractivity contribution is -0.159. The van der Waals surface area contributed by atoms with E-state index in [2.05, 4.69) is 31.1 Å². The molecule has 0 amide bonds. The second-order valence-corrected chi connectivity index (χ2v) is 5.45. The van der Waals surface area contributed by atoms with Crippen LogP contribution in [0.5, 0.6) is 5.75 Å².